The van der Waals surface area contributed by atoms with Crippen molar-refractivity contribution in [3.63, 3.8) is 0 Å². The molecular weight excluding hydrogens is 891 g/mol. The number of carboxylic acid groups (broad SMARTS) is 1. The molecule has 0 saturated heterocycles. The van der Waals surface area contributed by atoms with Gasteiger partial charge in [0.15, 0.2) is 13.1 Å². The fraction of sp³-hybridized carbons (Fsp3) is 0.386. The first-order valence-corrected chi connectivity index (χ1v) is 23.5. The summed E-state index contributed by atoms with van der Waals surface area (Å²) >= 11 is 0. The van der Waals surface area contributed by atoms with Gasteiger partial charge < -0.3 is 52.2 Å². The van der Waals surface area contributed by atoms with Crippen LogP contribution in [0.3, 0.4) is 0 Å². The Morgan fingerprint density at radius 3 is 1.88 bits per heavy atom. The van der Waals surface area contributed by atoms with Gasteiger partial charge in [0.1, 0.15) is 23.3 Å². The lowest BCUT2D eigenvalue weighted by Gasteiger charge is -2.12. The Balaban J connectivity index is 1.32. The van der Waals surface area contributed by atoms with Crippen molar-refractivity contribution < 1.29 is 82.2 Å². The van der Waals surface area contributed by atoms with Crippen molar-refractivity contribution in [1.29, 1.82) is 0 Å². The number of hydrogen-bond donors (Lipinski definition) is 3. The van der Waals surface area contributed by atoms with E-state index in [1.165, 1.54) is 42.5 Å². The van der Waals surface area contributed by atoms with Crippen LogP contribution in [0.1, 0.15) is 35.0 Å². The highest BCUT2D eigenvalue weighted by atomic mass is 32.2. The molecule has 6 rings (SSSR count). The van der Waals surface area contributed by atoms with Gasteiger partial charge in [-0.3, -0.25) is 4.55 Å². The van der Waals surface area contributed by atoms with E-state index in [0.29, 0.717) is 107 Å². The molecule has 65 heavy (non-hydrogen) atoms. The minimum absolute atomic E-state index is 0.117. The van der Waals surface area contributed by atoms with E-state index in [4.69, 9.17) is 37.3 Å². The summed E-state index contributed by atoms with van der Waals surface area (Å²) in [6.07, 6.45) is 7.01. The summed E-state index contributed by atoms with van der Waals surface area (Å²) in [7, 11) is -6.09. The number of anilines is 1. The Morgan fingerprint density at radius 1 is 0.723 bits per heavy atom. The van der Waals surface area contributed by atoms with Crippen molar-refractivity contribution in [2.75, 3.05) is 85.6 Å². The van der Waals surface area contributed by atoms with E-state index in [9.17, 15) is 35.8 Å². The number of aromatic nitrogens is 2. The largest absolute Gasteiger partial charge is 0.744 e. The summed E-state index contributed by atoms with van der Waals surface area (Å²) < 4.78 is 118. The van der Waals surface area contributed by atoms with Crippen LogP contribution in [-0.2, 0) is 68.2 Å². The molecule has 2 heterocycles. The molecule has 21 heteroatoms. The van der Waals surface area contributed by atoms with Crippen molar-refractivity contribution in [3.8, 4) is 0 Å². The number of fused-ring (bicyclic) bond motifs is 2. The van der Waals surface area contributed by atoms with Crippen LogP contribution in [0.5, 0.6) is 0 Å². The van der Waals surface area contributed by atoms with E-state index in [1.54, 1.807) is 38.5 Å². The third-order valence-electron chi connectivity index (χ3n) is 10.2. The first-order chi connectivity index (χ1) is 31.3. The summed E-state index contributed by atoms with van der Waals surface area (Å²) in [5.74, 6) is -0.225. The number of methoxy groups -OCH3 is 2. The molecule has 0 fully saturated rings. The molecule has 0 bridgehead atoms. The van der Waals surface area contributed by atoms with Crippen LogP contribution in [-0.4, -0.2) is 117 Å². The number of benzene rings is 3. The standard InChI is InChI=1S/C44H51N3O16S2/c1-56-21-23-60-27-25-58-19-17-46-37-13-11-35(64(50,51)52)29-39(37)62-41(46)15-7-31-3-4-32(43(31)45-34-9-5-33(6-10-34)44(48)49)8-16-42-47(18-20-59-26-28-61-24-22-57-2)38-14-12-36(65(53,54)55)30-40(38)63-42/h5-15,29-30H,3-4,16-28H2,1-2H3,(H2-,48,49,50,51,52,53,54,55)/p+1/b32-8+. The van der Waals surface area contributed by atoms with Gasteiger partial charge in [-0.2, -0.15) is 17.6 Å². The molecule has 0 saturated carbocycles. The fourth-order valence-corrected chi connectivity index (χ4v) is 7.97. The zero-order valence-electron chi connectivity index (χ0n) is 35.9. The summed E-state index contributed by atoms with van der Waals surface area (Å²) in [6.45, 7) is 4.42. The Kier molecular flexibility index (Phi) is 17.5. The molecule has 1 aliphatic carbocycles. The van der Waals surface area contributed by atoms with Crippen LogP contribution in [0.15, 0.2) is 108 Å². The summed E-state index contributed by atoms with van der Waals surface area (Å²) in [6, 6.07) is 14.4. The number of allylic oxidation sites excluding steroid dienone is 4. The Bertz CT molecular complexity index is 2740. The van der Waals surface area contributed by atoms with E-state index in [0.717, 1.165) is 16.8 Å². The average Bonchev–Trinajstić information content (AvgIpc) is 3.95. The Morgan fingerprint density at radius 2 is 1.28 bits per heavy atom. The molecule has 2 aromatic heterocycles. The molecular formula is C44H52N3O16S2+. The van der Waals surface area contributed by atoms with Crippen LogP contribution in [0, 0.1) is 0 Å². The number of carboxylic acids is 1. The topological polar surface area (TPSA) is 250 Å². The lowest BCUT2D eigenvalue weighted by molar-refractivity contribution is -0.685. The molecule has 0 radical (unpaired) electrons. The third kappa shape index (κ3) is 13.6. The van der Waals surface area contributed by atoms with Gasteiger partial charge in [-0.25, -0.2) is 13.2 Å². The van der Waals surface area contributed by atoms with Crippen molar-refractivity contribution in [3.05, 3.63) is 107 Å². The molecule has 0 spiro atoms. The highest BCUT2D eigenvalue weighted by Gasteiger charge is 2.27. The highest BCUT2D eigenvalue weighted by molar-refractivity contribution is 7.86. The van der Waals surface area contributed by atoms with Crippen molar-refractivity contribution in [2.24, 2.45) is 0 Å². The van der Waals surface area contributed by atoms with Gasteiger partial charge in [0.05, 0.1) is 80.7 Å². The van der Waals surface area contributed by atoms with Crippen molar-refractivity contribution in [1.82, 2.24) is 0 Å². The second kappa shape index (κ2) is 23.2. The van der Waals surface area contributed by atoms with Gasteiger partial charge in [0.2, 0.25) is 11.2 Å². The SMILES string of the molecule is COCCOCCOCC[n+]1c(/C=C/C2=C(Nc3ccc(C(=O)O)cc3)C(=C/Cc3oc4cc(S(=O)(=O)[O-])ccc4[n+]3CCOCCOCCOC)/CC2)oc2cc(S(=O)(=O)O)ccc21. The molecule has 0 unspecified atom stereocenters. The number of hydrogen-bond acceptors (Lipinski definition) is 15. The summed E-state index contributed by atoms with van der Waals surface area (Å²) in [4.78, 5) is 10.9. The molecule has 1 aliphatic rings. The lowest BCUT2D eigenvalue weighted by Crippen LogP contribution is -2.39. The number of aromatic carboxylic acids is 1. The summed E-state index contributed by atoms with van der Waals surface area (Å²) in [5, 5.41) is 13.0. The van der Waals surface area contributed by atoms with Gasteiger partial charge in [0.25, 0.3) is 21.2 Å². The van der Waals surface area contributed by atoms with E-state index >= 15 is 0 Å². The van der Waals surface area contributed by atoms with Gasteiger partial charge >= 0.3 is 17.8 Å². The number of oxazole rings is 2. The highest BCUT2D eigenvalue weighted by Crippen LogP contribution is 2.34. The second-order valence-corrected chi connectivity index (χ2v) is 17.3. The van der Waals surface area contributed by atoms with Crippen LogP contribution in [0.25, 0.3) is 28.3 Å². The predicted octanol–water partition coefficient (Wildman–Crippen LogP) is 4.30. The average molecular weight is 943 g/mol. The monoisotopic (exact) mass is 942 g/mol. The zero-order valence-corrected chi connectivity index (χ0v) is 37.6. The second-order valence-electron chi connectivity index (χ2n) is 14.5. The number of carbonyl (C=O) groups is 1. The molecule has 5 aromatic rings. The first kappa shape index (κ1) is 49.1. The number of nitrogens with one attached hydrogen (secondary N) is 1. The van der Waals surface area contributed by atoms with Gasteiger partial charge in [0, 0.05) is 49.9 Å². The maximum absolute atomic E-state index is 12.0. The minimum Gasteiger partial charge on any atom is -0.744 e. The molecule has 0 atom stereocenters. The van der Waals surface area contributed by atoms with E-state index < -0.39 is 31.1 Å². The Labute approximate surface area is 375 Å². The third-order valence-corrected chi connectivity index (χ3v) is 11.9. The summed E-state index contributed by atoms with van der Waals surface area (Å²) in [5.41, 5.74) is 4.79. The normalized spacial score (nSPS) is 14.2. The van der Waals surface area contributed by atoms with Gasteiger partial charge in [-0.05, 0) is 66.5 Å². The molecule has 19 nitrogen and oxygen atoms in total. The van der Waals surface area contributed by atoms with Gasteiger partial charge in [-0.15, -0.1) is 0 Å². The van der Waals surface area contributed by atoms with Crippen molar-refractivity contribution >= 4 is 60.2 Å². The molecule has 3 aromatic carbocycles. The number of rotatable bonds is 27. The number of nitrogens with zero attached hydrogens (tertiary/aromatic N) is 2. The van der Waals surface area contributed by atoms with Crippen molar-refractivity contribution in [2.45, 2.75) is 42.1 Å². The maximum atomic E-state index is 12.0. The molecule has 3 N–H and O–H groups in total. The molecule has 0 aliphatic heterocycles. The molecule has 350 valence electrons. The predicted molar refractivity (Wildman–Crippen MR) is 232 cm³/mol. The Hall–Kier alpha value is -5.33. The van der Waals surface area contributed by atoms with Crippen LogP contribution in [0.4, 0.5) is 5.69 Å². The fourth-order valence-electron chi connectivity index (χ4n) is 6.99. The van der Waals surface area contributed by atoms with E-state index in [1.807, 2.05) is 21.3 Å². The maximum Gasteiger partial charge on any atom is 0.374 e. The zero-order chi connectivity index (χ0) is 46.4. The minimum atomic E-state index is -4.75. The van der Waals surface area contributed by atoms with Crippen LogP contribution >= 0.6 is 0 Å². The lowest BCUT2D eigenvalue weighted by atomic mass is 10.1. The van der Waals surface area contributed by atoms with E-state index in [2.05, 4.69) is 5.32 Å². The first-order valence-electron chi connectivity index (χ1n) is 20.6. The quantitative estimate of drug-likeness (QED) is 0.0377. The number of ether oxygens (including phenoxy) is 6. The molecule has 0 amide bonds. The smallest absolute Gasteiger partial charge is 0.374 e. The van der Waals surface area contributed by atoms with Crippen LogP contribution in [0.2, 0.25) is 0 Å². The van der Waals surface area contributed by atoms with Gasteiger partial charge in [-0.1, -0.05) is 6.08 Å². The van der Waals surface area contributed by atoms with Crippen LogP contribution < -0.4 is 14.5 Å². The van der Waals surface area contributed by atoms with E-state index in [-0.39, 0.29) is 41.3 Å².